The molecule has 1 unspecified atom stereocenters. The first-order chi connectivity index (χ1) is 13.7. The van der Waals surface area contributed by atoms with Crippen LogP contribution in [0.3, 0.4) is 0 Å². The van der Waals surface area contributed by atoms with Gasteiger partial charge in [0.25, 0.3) is 5.91 Å². The quantitative estimate of drug-likeness (QED) is 0.714. The summed E-state index contributed by atoms with van der Waals surface area (Å²) in [6, 6.07) is 12.5. The lowest BCUT2D eigenvalue weighted by molar-refractivity contribution is -0.122. The van der Waals surface area contributed by atoms with E-state index in [1.807, 2.05) is 39.0 Å². The first-order valence-corrected chi connectivity index (χ1v) is 10.3. The van der Waals surface area contributed by atoms with Gasteiger partial charge in [-0.25, -0.2) is 0 Å². The molecule has 2 aromatic rings. The number of nitrogens with zero attached hydrogens (tertiary/aromatic N) is 1. The van der Waals surface area contributed by atoms with Crippen molar-refractivity contribution in [1.82, 2.24) is 5.32 Å². The predicted molar refractivity (Wildman–Crippen MR) is 117 cm³/mol. The molecule has 1 atom stereocenters. The average molecular weight is 458 g/mol. The Balaban J connectivity index is 1.63. The Bertz CT molecular complexity index is 941. The molecule has 152 valence electrons. The van der Waals surface area contributed by atoms with E-state index in [9.17, 15) is 14.4 Å². The number of carbonyl (C=O) groups is 3. The number of amides is 3. The van der Waals surface area contributed by atoms with Crippen LogP contribution >= 0.6 is 15.9 Å². The molecule has 1 aliphatic heterocycles. The highest BCUT2D eigenvalue weighted by atomic mass is 79.9. The zero-order chi connectivity index (χ0) is 21.1. The molecular weight excluding hydrogens is 434 g/mol. The zero-order valence-electron chi connectivity index (χ0n) is 16.7. The third kappa shape index (κ3) is 5.03. The Morgan fingerprint density at radius 2 is 1.83 bits per heavy atom. The average Bonchev–Trinajstić information content (AvgIpc) is 3.06. The molecule has 3 rings (SSSR count). The van der Waals surface area contributed by atoms with Crippen LogP contribution in [0.1, 0.15) is 36.2 Å². The van der Waals surface area contributed by atoms with Crippen LogP contribution in [-0.2, 0) is 9.59 Å². The molecule has 7 heteroatoms. The van der Waals surface area contributed by atoms with Crippen molar-refractivity contribution in [3.8, 4) is 0 Å². The second-order valence-electron chi connectivity index (χ2n) is 7.53. The minimum absolute atomic E-state index is 0.0549. The van der Waals surface area contributed by atoms with Crippen molar-refractivity contribution in [2.75, 3.05) is 16.8 Å². The summed E-state index contributed by atoms with van der Waals surface area (Å²) in [5.41, 5.74) is 2.96. The lowest BCUT2D eigenvalue weighted by atomic mass is 10.1. The number of rotatable bonds is 5. The summed E-state index contributed by atoms with van der Waals surface area (Å²) in [6.45, 7) is 6.10. The van der Waals surface area contributed by atoms with Crippen molar-refractivity contribution in [3.05, 3.63) is 58.1 Å². The summed E-state index contributed by atoms with van der Waals surface area (Å²) in [6.07, 6.45) is 0.176. The van der Waals surface area contributed by atoms with E-state index in [-0.39, 0.29) is 30.2 Å². The third-order valence-electron chi connectivity index (χ3n) is 4.78. The maximum absolute atomic E-state index is 12.6. The van der Waals surface area contributed by atoms with E-state index >= 15 is 0 Å². The molecule has 1 saturated heterocycles. The molecule has 29 heavy (non-hydrogen) atoms. The maximum Gasteiger partial charge on any atom is 0.251 e. The van der Waals surface area contributed by atoms with E-state index in [1.165, 1.54) is 0 Å². The highest BCUT2D eigenvalue weighted by Gasteiger charge is 2.35. The second-order valence-corrected chi connectivity index (χ2v) is 8.39. The standard InChI is InChI=1S/C22H24BrN3O3/c1-13(2)24-21(28)15-4-6-17(7-5-15)25-22(29)16-11-20(27)26(12-16)18-8-9-19(23)14(3)10-18/h4-10,13,16H,11-12H2,1-3H3,(H,24,28)(H,25,29). The van der Waals surface area contributed by atoms with Gasteiger partial charge in [-0.05, 0) is 68.8 Å². The molecule has 0 aliphatic carbocycles. The highest BCUT2D eigenvalue weighted by molar-refractivity contribution is 9.10. The van der Waals surface area contributed by atoms with Gasteiger partial charge < -0.3 is 15.5 Å². The number of anilines is 2. The van der Waals surface area contributed by atoms with Gasteiger partial charge >= 0.3 is 0 Å². The van der Waals surface area contributed by atoms with E-state index in [2.05, 4.69) is 26.6 Å². The van der Waals surface area contributed by atoms with Gasteiger partial charge in [0.2, 0.25) is 11.8 Å². The van der Waals surface area contributed by atoms with Crippen LogP contribution in [-0.4, -0.2) is 30.3 Å². The van der Waals surface area contributed by atoms with Gasteiger partial charge in [0.05, 0.1) is 5.92 Å². The molecular formula is C22H24BrN3O3. The Labute approximate surface area is 178 Å². The molecule has 1 heterocycles. The number of aryl methyl sites for hydroxylation is 1. The fourth-order valence-corrected chi connectivity index (χ4v) is 3.47. The molecule has 0 bridgehead atoms. The third-order valence-corrected chi connectivity index (χ3v) is 5.67. The van der Waals surface area contributed by atoms with Crippen LogP contribution in [0.15, 0.2) is 46.9 Å². The second kappa shape index (κ2) is 8.78. The topological polar surface area (TPSA) is 78.5 Å². The Morgan fingerprint density at radius 3 is 2.45 bits per heavy atom. The molecule has 2 aromatic carbocycles. The molecule has 2 N–H and O–H groups in total. The first-order valence-electron chi connectivity index (χ1n) is 9.53. The maximum atomic E-state index is 12.6. The van der Waals surface area contributed by atoms with Crippen molar-refractivity contribution in [1.29, 1.82) is 0 Å². The molecule has 0 saturated carbocycles. The molecule has 0 aromatic heterocycles. The number of nitrogens with one attached hydrogen (secondary N) is 2. The van der Waals surface area contributed by atoms with E-state index in [0.29, 0.717) is 17.8 Å². The number of carbonyl (C=O) groups excluding carboxylic acids is 3. The van der Waals surface area contributed by atoms with E-state index in [4.69, 9.17) is 0 Å². The van der Waals surface area contributed by atoms with Crippen LogP contribution in [0.5, 0.6) is 0 Å². The first kappa shape index (κ1) is 21.0. The number of hydrogen-bond acceptors (Lipinski definition) is 3. The molecule has 3 amide bonds. The number of halogens is 1. The van der Waals surface area contributed by atoms with E-state index < -0.39 is 5.92 Å². The molecule has 1 fully saturated rings. The summed E-state index contributed by atoms with van der Waals surface area (Å²) in [5, 5.41) is 5.67. The molecule has 0 spiro atoms. The van der Waals surface area contributed by atoms with E-state index in [1.54, 1.807) is 29.2 Å². The Morgan fingerprint density at radius 1 is 1.14 bits per heavy atom. The normalized spacial score (nSPS) is 16.2. The van der Waals surface area contributed by atoms with Crippen molar-refractivity contribution >= 4 is 45.0 Å². The smallest absolute Gasteiger partial charge is 0.251 e. The molecule has 1 aliphatic rings. The molecule has 6 nitrogen and oxygen atoms in total. The van der Waals surface area contributed by atoms with Crippen LogP contribution in [0, 0.1) is 12.8 Å². The van der Waals surface area contributed by atoms with Crippen LogP contribution in [0.4, 0.5) is 11.4 Å². The van der Waals surface area contributed by atoms with Crippen molar-refractivity contribution in [2.24, 2.45) is 5.92 Å². The SMILES string of the molecule is Cc1cc(N2CC(C(=O)Nc3ccc(C(=O)NC(C)C)cc3)CC2=O)ccc1Br. The minimum Gasteiger partial charge on any atom is -0.350 e. The van der Waals surface area contributed by atoms with Gasteiger partial charge in [-0.3, -0.25) is 14.4 Å². The van der Waals surface area contributed by atoms with E-state index in [0.717, 1.165) is 15.7 Å². The van der Waals surface area contributed by atoms with Crippen molar-refractivity contribution in [2.45, 2.75) is 33.2 Å². The lowest BCUT2D eigenvalue weighted by Gasteiger charge is -2.18. The number of benzene rings is 2. The summed E-state index contributed by atoms with van der Waals surface area (Å²) in [7, 11) is 0. The van der Waals surface area contributed by atoms with Gasteiger partial charge in [0, 0.05) is 40.4 Å². The summed E-state index contributed by atoms with van der Waals surface area (Å²) in [4.78, 5) is 38.7. The van der Waals surface area contributed by atoms with Gasteiger partial charge in [0.15, 0.2) is 0 Å². The highest BCUT2D eigenvalue weighted by Crippen LogP contribution is 2.29. The van der Waals surface area contributed by atoms with Crippen molar-refractivity contribution < 1.29 is 14.4 Å². The monoisotopic (exact) mass is 457 g/mol. The van der Waals surface area contributed by atoms with Crippen LogP contribution in [0.2, 0.25) is 0 Å². The largest absolute Gasteiger partial charge is 0.350 e. The fraction of sp³-hybridized carbons (Fsp3) is 0.318. The number of hydrogen-bond donors (Lipinski definition) is 2. The van der Waals surface area contributed by atoms with Gasteiger partial charge in [-0.2, -0.15) is 0 Å². The summed E-state index contributed by atoms with van der Waals surface area (Å²) < 4.78 is 0.979. The van der Waals surface area contributed by atoms with Crippen LogP contribution < -0.4 is 15.5 Å². The summed E-state index contributed by atoms with van der Waals surface area (Å²) in [5.74, 6) is -0.836. The predicted octanol–water partition coefficient (Wildman–Crippen LogP) is 3.89. The minimum atomic E-state index is -0.421. The van der Waals surface area contributed by atoms with Gasteiger partial charge in [-0.15, -0.1) is 0 Å². The van der Waals surface area contributed by atoms with Crippen molar-refractivity contribution in [3.63, 3.8) is 0 Å². The molecule has 0 radical (unpaired) electrons. The van der Waals surface area contributed by atoms with Crippen LogP contribution in [0.25, 0.3) is 0 Å². The Hall–Kier alpha value is -2.67. The summed E-state index contributed by atoms with van der Waals surface area (Å²) >= 11 is 3.46. The lowest BCUT2D eigenvalue weighted by Crippen LogP contribution is -2.30. The van der Waals surface area contributed by atoms with Gasteiger partial charge in [-0.1, -0.05) is 15.9 Å². The Kier molecular flexibility index (Phi) is 6.37. The fourth-order valence-electron chi connectivity index (χ4n) is 3.22. The zero-order valence-corrected chi connectivity index (χ0v) is 18.2. The van der Waals surface area contributed by atoms with Gasteiger partial charge in [0.1, 0.15) is 0 Å².